The molecule has 9 atom stereocenters. The number of piperidine rings is 1. The summed E-state index contributed by atoms with van der Waals surface area (Å²) >= 11 is 0. The van der Waals surface area contributed by atoms with Crippen LogP contribution in [0.25, 0.3) is 0 Å². The van der Waals surface area contributed by atoms with Crippen LogP contribution in [0, 0.1) is 36.5 Å². The van der Waals surface area contributed by atoms with E-state index in [9.17, 15) is 48.1 Å². The number of carbonyl (C=O) groups excluding carboxylic acids is 6. The number of likely N-dealkylation sites (tertiary alicyclic amines) is 1. The quantitative estimate of drug-likeness (QED) is 0.0523. The summed E-state index contributed by atoms with van der Waals surface area (Å²) in [6.07, 6.45) is 5.88. The number of carbonyl (C=O) groups is 6. The number of ketones is 2. The van der Waals surface area contributed by atoms with E-state index >= 15 is 0 Å². The summed E-state index contributed by atoms with van der Waals surface area (Å²) in [6, 6.07) is 0. The number of allylic oxidation sites excluding steroid dienone is 4. The lowest BCUT2D eigenvalue weighted by Gasteiger charge is -2.39. The Labute approximate surface area is 471 Å². The number of phenolic OH excluding ortho intramolecular Hbond substituents is 1. The highest BCUT2D eigenvalue weighted by molar-refractivity contribution is 7.44. The number of nitrogens with one attached hydrogen (secondary N) is 2. The molecule has 1 fully saturated rings. The first-order chi connectivity index (χ1) is 37.8. The molecule has 0 saturated carbocycles. The van der Waals surface area contributed by atoms with E-state index in [1.54, 1.807) is 51.7 Å². The predicted octanol–water partition coefficient (Wildman–Crippen LogP) is 7.11. The Bertz CT molecular complexity index is 2710. The molecule has 5 aliphatic rings. The first kappa shape index (κ1) is 63.5. The number of amides is 1. The van der Waals surface area contributed by atoms with E-state index in [1.165, 1.54) is 53.2 Å². The van der Waals surface area contributed by atoms with Crippen molar-refractivity contribution in [3.05, 3.63) is 69.8 Å². The molecule has 1 aromatic carbocycles. The van der Waals surface area contributed by atoms with Crippen molar-refractivity contribution in [3.8, 4) is 11.5 Å². The largest absolute Gasteiger partial charge is 0.507 e. The number of ether oxygens (including phenoxy) is 6. The second-order valence-electron chi connectivity index (χ2n) is 22.3. The summed E-state index contributed by atoms with van der Waals surface area (Å²) in [5.41, 5.74) is -0.669. The summed E-state index contributed by atoms with van der Waals surface area (Å²) < 4.78 is 58.6. The minimum atomic E-state index is -2.04. The van der Waals surface area contributed by atoms with Crippen molar-refractivity contribution >= 4 is 58.0 Å². The van der Waals surface area contributed by atoms with E-state index in [1.807, 2.05) is 0 Å². The van der Waals surface area contributed by atoms with Gasteiger partial charge >= 0.3 is 23.7 Å². The molecular weight excluding hydrogens is 1070 g/mol. The van der Waals surface area contributed by atoms with E-state index < -0.39 is 106 Å². The van der Waals surface area contributed by atoms with Crippen LogP contribution in [0.2, 0.25) is 0 Å². The number of Topliss-reactive ketones (excluding diaryl/α,β-unsaturated/α-hetero) is 2. The summed E-state index contributed by atoms with van der Waals surface area (Å²) in [4.78, 5) is 92.2. The molecule has 0 unspecified atom stereocenters. The van der Waals surface area contributed by atoms with Gasteiger partial charge in [-0.15, -0.1) is 0 Å². The van der Waals surface area contributed by atoms with E-state index in [0.717, 1.165) is 6.54 Å². The smallest absolute Gasteiger partial charge is 0.320 e. The van der Waals surface area contributed by atoms with Gasteiger partial charge in [-0.1, -0.05) is 66.2 Å². The highest BCUT2D eigenvalue weighted by atomic mass is 31.1. The Kier molecular flexibility index (Phi) is 21.7. The molecule has 0 aromatic heterocycles. The average molecular weight is 1150 g/mol. The van der Waals surface area contributed by atoms with Crippen LogP contribution in [0.4, 0.5) is 0 Å². The normalized spacial score (nSPS) is 29.0. The molecule has 438 valence electrons. The van der Waals surface area contributed by atoms with Gasteiger partial charge in [-0.2, -0.15) is 0 Å². The molecule has 1 spiro atoms. The molecule has 4 heterocycles. The number of aliphatic hydroxyl groups is 1. The number of aromatic hydroxyl groups is 1. The van der Waals surface area contributed by atoms with Crippen LogP contribution in [0.1, 0.15) is 133 Å². The molecule has 1 amide bonds. The molecule has 21 nitrogen and oxygen atoms in total. The van der Waals surface area contributed by atoms with Crippen molar-refractivity contribution in [1.82, 2.24) is 20.4 Å². The number of methoxy groups -OCH3 is 1. The van der Waals surface area contributed by atoms with Gasteiger partial charge in [0.05, 0.1) is 47.6 Å². The maximum absolute atomic E-state index is 15.0. The van der Waals surface area contributed by atoms with Gasteiger partial charge in [0.25, 0.3) is 11.7 Å². The summed E-state index contributed by atoms with van der Waals surface area (Å²) in [5, 5.41) is 30.1. The molecule has 0 radical (unpaired) electrons. The Hall–Kier alpha value is -5.69. The van der Waals surface area contributed by atoms with Crippen LogP contribution in [0.3, 0.4) is 0 Å². The highest BCUT2D eigenvalue weighted by Gasteiger charge is 2.54. The Morgan fingerprint density at radius 3 is 2.21 bits per heavy atom. The van der Waals surface area contributed by atoms with E-state index in [-0.39, 0.29) is 87.3 Å². The number of benzene rings is 1. The van der Waals surface area contributed by atoms with Crippen LogP contribution in [0.5, 0.6) is 11.5 Å². The first-order valence-corrected chi connectivity index (χ1v) is 29.2. The maximum atomic E-state index is 15.0. The second kappa shape index (κ2) is 27.4. The minimum Gasteiger partial charge on any atom is -0.507 e. The monoisotopic (exact) mass is 1150 g/mol. The number of rotatable bonds is 17. The highest BCUT2D eigenvalue weighted by Crippen LogP contribution is 2.50. The average Bonchev–Trinajstić information content (AvgIpc) is 4.05. The van der Waals surface area contributed by atoms with Gasteiger partial charge in [0, 0.05) is 107 Å². The van der Waals surface area contributed by atoms with Crippen molar-refractivity contribution in [1.29, 1.82) is 0 Å². The van der Waals surface area contributed by atoms with Crippen molar-refractivity contribution in [3.63, 3.8) is 0 Å². The van der Waals surface area contributed by atoms with Gasteiger partial charge in [-0.3, -0.25) is 47.8 Å². The number of nitrogens with zero attached hydrogens (tertiary/aromatic N) is 3. The third kappa shape index (κ3) is 14.5. The van der Waals surface area contributed by atoms with Gasteiger partial charge in [-0.05, 0) is 45.2 Å². The van der Waals surface area contributed by atoms with E-state index in [2.05, 4.69) is 29.4 Å². The third-order valence-electron chi connectivity index (χ3n) is 15.7. The number of hydrogen-bond donors (Lipinski definition) is 4. The fourth-order valence-electron chi connectivity index (χ4n) is 11.2. The third-order valence-corrected chi connectivity index (χ3v) is 17.3. The van der Waals surface area contributed by atoms with E-state index in [4.69, 9.17) is 33.4 Å². The van der Waals surface area contributed by atoms with Gasteiger partial charge in [-0.25, -0.2) is 0 Å². The Morgan fingerprint density at radius 1 is 0.912 bits per heavy atom. The Morgan fingerprint density at radius 2 is 1.59 bits per heavy atom. The lowest BCUT2D eigenvalue weighted by Crippen LogP contribution is -2.50. The zero-order chi connectivity index (χ0) is 59.0. The van der Waals surface area contributed by atoms with Crippen molar-refractivity contribution in [2.24, 2.45) is 34.6 Å². The van der Waals surface area contributed by atoms with Crippen LogP contribution >= 0.6 is 16.9 Å². The van der Waals surface area contributed by atoms with Crippen LogP contribution in [-0.2, 0) is 52.0 Å². The number of hydrogen-bond acceptors (Lipinski definition) is 20. The lowest BCUT2D eigenvalue weighted by molar-refractivity contribution is -0.166. The molecule has 23 heteroatoms. The van der Waals surface area contributed by atoms with Crippen LogP contribution in [-0.4, -0.2) is 155 Å². The van der Waals surface area contributed by atoms with Crippen LogP contribution < -0.4 is 15.4 Å². The summed E-state index contributed by atoms with van der Waals surface area (Å²) in [6.45, 7) is 20.7. The lowest BCUT2D eigenvalue weighted by atomic mass is 9.78. The van der Waals surface area contributed by atoms with Gasteiger partial charge in [0.15, 0.2) is 16.9 Å². The molecule has 1 saturated heterocycles. The molecule has 4 N–H and O–H groups in total. The topological polar surface area (TPSA) is 275 Å². The molecule has 80 heavy (non-hydrogen) atoms. The fourth-order valence-corrected chi connectivity index (χ4v) is 12.0. The minimum absolute atomic E-state index is 0.00900. The van der Waals surface area contributed by atoms with Gasteiger partial charge in [0.1, 0.15) is 47.1 Å². The Balaban J connectivity index is 1.42. The number of esters is 3. The predicted molar refractivity (Wildman–Crippen MR) is 297 cm³/mol. The van der Waals surface area contributed by atoms with Gasteiger partial charge < -0.3 is 54.2 Å². The standard InChI is InChI=1S/C57H79N5O16P2/c1-30(2)28-62-23-20-57(21-24-62)59-45-42-43-49(67)36(8)53-44(42)54(69)56(11,78-53)75-26-19-39(73-12)33(5)52(76-38(10)64)35(7)48(66)34(6)51(31(3)16-15-17-32(4)55(70)58-47(50(43)68)46(45)60-57)77-40(65)29-61(25-27-74-37(9)63)22-14-13-18-41(79-71)80-72/h15-17,19,26,30-31,33-35,39,41,48,51-52,60,66-67H,13-14,18,20-25,27-29H2,1-12H3,(H,58,70)/b16-15+,26-19+,32-17-/t31-,33+,34-,35+,39-,48+,51-,52+,56-/m0/s1. The number of fused-ring (bicyclic) bond motifs is 3. The van der Waals surface area contributed by atoms with Crippen molar-refractivity contribution in [2.75, 3.05) is 53.0 Å². The zero-order valence-corrected chi connectivity index (χ0v) is 49.8. The van der Waals surface area contributed by atoms with Crippen molar-refractivity contribution < 1.29 is 76.5 Å². The number of unbranched alkanes of at least 4 members (excludes halogenated alkanes) is 1. The van der Waals surface area contributed by atoms with E-state index in [0.29, 0.717) is 57.7 Å². The molecule has 5 bridgehead atoms. The fraction of sp³-hybridized carbons (Fsp3) is 0.632. The summed E-state index contributed by atoms with van der Waals surface area (Å²) in [5.74, 6) is -9.01. The van der Waals surface area contributed by atoms with Crippen LogP contribution in [0.15, 0.2) is 52.5 Å². The second-order valence-corrected chi connectivity index (χ2v) is 24.4. The molecule has 1 aliphatic carbocycles. The zero-order valence-electron chi connectivity index (χ0n) is 48.0. The first-order valence-electron chi connectivity index (χ1n) is 27.4. The number of aliphatic imine (C=N–C) groups is 1. The molecule has 4 aliphatic heterocycles. The molecular formula is C57H79N5O16P2. The maximum Gasteiger partial charge on any atom is 0.320 e. The SMILES string of the molecule is CO[C@H]1/C=C/O[C@@]2(C)Oc3c(C)c(O)c4c(c3C2=O)C2=NC3(CCN(CC(C)C)CC3)NC2=C(NC(=O)/C(C)=C\C=C\[C@H](C)[C@H](OC(=O)CN(CCCCC(P=O)P=O)CCOC(C)=O)[C@@H](C)[C@@H](O)[C@@H](C)[C@H](OC(C)=O)[C@@H]1C)C4=O. The molecule has 6 rings (SSSR count). The molecule has 1 aromatic rings. The van der Waals surface area contributed by atoms with Crippen molar-refractivity contribution in [2.45, 2.75) is 150 Å². The number of phenols is 1. The summed E-state index contributed by atoms with van der Waals surface area (Å²) in [7, 11) is 0.958. The number of aliphatic hydroxyl groups excluding tert-OH is 1. The van der Waals surface area contributed by atoms with Gasteiger partial charge in [0.2, 0.25) is 5.78 Å².